The Morgan fingerprint density at radius 2 is 1.61 bits per heavy atom. The largest absolute Gasteiger partial charge is 0.354 e. The van der Waals surface area contributed by atoms with Crippen molar-refractivity contribution in [2.75, 3.05) is 13.1 Å². The molecule has 174 valence electrons. The van der Waals surface area contributed by atoms with Gasteiger partial charge in [-0.3, -0.25) is 9.59 Å². The second-order valence-corrected chi connectivity index (χ2v) is 8.53. The maximum atomic E-state index is 13.5. The first-order valence-corrected chi connectivity index (χ1v) is 12.2. The number of hydrogen-bond donors (Lipinski definition) is 1. The standard InChI is InChI=1S/C29H36N2O2/c1-3-5-21-30-29(33)27(4-2)31(22-20-23-12-7-6-8-13-23)28(32)19-18-25-16-11-15-24-14-9-10-17-26(24)25/h6-17,27H,3-5,18-22H2,1-2H3,(H,30,33)/t27-/m0/s1. The third-order valence-corrected chi connectivity index (χ3v) is 6.19. The number of nitrogens with zero attached hydrogens (tertiary/aromatic N) is 1. The molecule has 3 rings (SSSR count). The van der Waals surface area contributed by atoms with Gasteiger partial charge in [-0.25, -0.2) is 0 Å². The van der Waals surface area contributed by atoms with Crippen LogP contribution in [0.15, 0.2) is 72.8 Å². The Morgan fingerprint density at radius 3 is 2.36 bits per heavy atom. The van der Waals surface area contributed by atoms with Crippen molar-refractivity contribution in [3.05, 3.63) is 83.9 Å². The summed E-state index contributed by atoms with van der Waals surface area (Å²) in [6.45, 7) is 5.28. The van der Waals surface area contributed by atoms with E-state index in [1.165, 1.54) is 21.9 Å². The second-order valence-electron chi connectivity index (χ2n) is 8.53. The zero-order valence-electron chi connectivity index (χ0n) is 19.9. The van der Waals surface area contributed by atoms with E-state index in [-0.39, 0.29) is 11.8 Å². The molecule has 0 saturated carbocycles. The topological polar surface area (TPSA) is 49.4 Å². The number of hydrogen-bond acceptors (Lipinski definition) is 2. The van der Waals surface area contributed by atoms with Gasteiger partial charge in [0.25, 0.3) is 0 Å². The maximum Gasteiger partial charge on any atom is 0.242 e. The number of carbonyl (C=O) groups excluding carboxylic acids is 2. The predicted molar refractivity (Wildman–Crippen MR) is 136 cm³/mol. The normalized spacial score (nSPS) is 11.8. The smallest absolute Gasteiger partial charge is 0.242 e. The van der Waals surface area contributed by atoms with Crippen molar-refractivity contribution in [1.82, 2.24) is 10.2 Å². The summed E-state index contributed by atoms with van der Waals surface area (Å²) >= 11 is 0. The summed E-state index contributed by atoms with van der Waals surface area (Å²) in [6.07, 6.45) is 4.36. The summed E-state index contributed by atoms with van der Waals surface area (Å²) in [4.78, 5) is 28.2. The summed E-state index contributed by atoms with van der Waals surface area (Å²) in [5.41, 5.74) is 2.34. The molecule has 0 aliphatic rings. The number of amides is 2. The van der Waals surface area contributed by atoms with Crippen LogP contribution in [0.5, 0.6) is 0 Å². The van der Waals surface area contributed by atoms with Gasteiger partial charge in [0.2, 0.25) is 11.8 Å². The van der Waals surface area contributed by atoms with Crippen molar-refractivity contribution in [3.8, 4) is 0 Å². The van der Waals surface area contributed by atoms with Crippen LogP contribution < -0.4 is 5.32 Å². The highest BCUT2D eigenvalue weighted by molar-refractivity contribution is 5.89. The summed E-state index contributed by atoms with van der Waals surface area (Å²) in [5, 5.41) is 5.41. The van der Waals surface area contributed by atoms with Gasteiger partial charge in [0, 0.05) is 19.5 Å². The number of aryl methyl sites for hydroxylation is 1. The number of carbonyl (C=O) groups is 2. The molecule has 4 nitrogen and oxygen atoms in total. The Balaban J connectivity index is 1.74. The lowest BCUT2D eigenvalue weighted by Gasteiger charge is -2.31. The average Bonchev–Trinajstić information content (AvgIpc) is 2.85. The Hall–Kier alpha value is -3.14. The van der Waals surface area contributed by atoms with Gasteiger partial charge in [-0.05, 0) is 47.6 Å². The van der Waals surface area contributed by atoms with Gasteiger partial charge in [-0.15, -0.1) is 0 Å². The fraction of sp³-hybridized carbons (Fsp3) is 0.379. The number of rotatable bonds is 12. The van der Waals surface area contributed by atoms with Gasteiger partial charge in [0.1, 0.15) is 6.04 Å². The van der Waals surface area contributed by atoms with E-state index in [0.29, 0.717) is 32.4 Å². The summed E-state index contributed by atoms with van der Waals surface area (Å²) in [7, 11) is 0. The fourth-order valence-electron chi connectivity index (χ4n) is 4.30. The second kappa shape index (κ2) is 12.8. The number of benzene rings is 3. The van der Waals surface area contributed by atoms with Crippen LogP contribution in [0.1, 0.15) is 50.7 Å². The number of unbranched alkanes of at least 4 members (excludes halogenated alkanes) is 1. The summed E-state index contributed by atoms with van der Waals surface area (Å²) in [5.74, 6) is -0.00567. The molecule has 0 fully saturated rings. The van der Waals surface area contributed by atoms with Crippen LogP contribution in [-0.2, 0) is 22.4 Å². The van der Waals surface area contributed by atoms with Crippen LogP contribution in [0.2, 0.25) is 0 Å². The van der Waals surface area contributed by atoms with Crippen molar-refractivity contribution in [1.29, 1.82) is 0 Å². The van der Waals surface area contributed by atoms with Crippen molar-refractivity contribution in [2.24, 2.45) is 0 Å². The molecule has 0 bridgehead atoms. The molecule has 0 spiro atoms. The Labute approximate surface area is 198 Å². The van der Waals surface area contributed by atoms with Crippen molar-refractivity contribution in [3.63, 3.8) is 0 Å². The minimum atomic E-state index is -0.439. The highest BCUT2D eigenvalue weighted by atomic mass is 16.2. The minimum Gasteiger partial charge on any atom is -0.354 e. The average molecular weight is 445 g/mol. The van der Waals surface area contributed by atoms with E-state index in [0.717, 1.165) is 19.3 Å². The van der Waals surface area contributed by atoms with E-state index in [1.807, 2.05) is 43.3 Å². The van der Waals surface area contributed by atoms with E-state index in [4.69, 9.17) is 0 Å². The van der Waals surface area contributed by atoms with Gasteiger partial charge >= 0.3 is 0 Å². The van der Waals surface area contributed by atoms with Gasteiger partial charge in [0.15, 0.2) is 0 Å². The van der Waals surface area contributed by atoms with Gasteiger partial charge in [-0.2, -0.15) is 0 Å². The van der Waals surface area contributed by atoms with Gasteiger partial charge in [-0.1, -0.05) is 93.1 Å². The Kier molecular flexibility index (Phi) is 9.49. The summed E-state index contributed by atoms with van der Waals surface area (Å²) in [6, 6.07) is 24.2. The fourth-order valence-corrected chi connectivity index (χ4v) is 4.30. The Bertz CT molecular complexity index is 1030. The molecule has 3 aromatic rings. The van der Waals surface area contributed by atoms with Gasteiger partial charge in [0.05, 0.1) is 0 Å². The molecule has 0 unspecified atom stereocenters. The molecule has 1 N–H and O–H groups in total. The lowest BCUT2D eigenvalue weighted by molar-refractivity contribution is -0.140. The minimum absolute atomic E-state index is 0.0383. The molecule has 1 atom stereocenters. The molecule has 0 aliphatic carbocycles. The van der Waals surface area contributed by atoms with Crippen molar-refractivity contribution < 1.29 is 9.59 Å². The molecule has 4 heteroatoms. The monoisotopic (exact) mass is 444 g/mol. The first-order chi connectivity index (χ1) is 16.1. The van der Waals surface area contributed by atoms with Crippen LogP contribution >= 0.6 is 0 Å². The van der Waals surface area contributed by atoms with E-state index < -0.39 is 6.04 Å². The highest BCUT2D eigenvalue weighted by Gasteiger charge is 2.27. The molecule has 33 heavy (non-hydrogen) atoms. The number of nitrogens with one attached hydrogen (secondary N) is 1. The lowest BCUT2D eigenvalue weighted by Crippen LogP contribution is -2.50. The molecule has 3 aromatic carbocycles. The van der Waals surface area contributed by atoms with E-state index >= 15 is 0 Å². The summed E-state index contributed by atoms with van der Waals surface area (Å²) < 4.78 is 0. The zero-order chi connectivity index (χ0) is 23.5. The van der Waals surface area contributed by atoms with E-state index in [1.54, 1.807) is 4.90 Å². The van der Waals surface area contributed by atoms with E-state index in [9.17, 15) is 9.59 Å². The lowest BCUT2D eigenvalue weighted by atomic mass is 10.00. The first-order valence-electron chi connectivity index (χ1n) is 12.2. The first kappa shape index (κ1) is 24.5. The number of fused-ring (bicyclic) bond motifs is 1. The quantitative estimate of drug-likeness (QED) is 0.373. The van der Waals surface area contributed by atoms with Crippen LogP contribution in [0.25, 0.3) is 10.8 Å². The van der Waals surface area contributed by atoms with Gasteiger partial charge < -0.3 is 10.2 Å². The highest BCUT2D eigenvalue weighted by Crippen LogP contribution is 2.20. The molecule has 0 heterocycles. The van der Waals surface area contributed by atoms with E-state index in [2.05, 4.69) is 48.6 Å². The van der Waals surface area contributed by atoms with Crippen LogP contribution in [0.3, 0.4) is 0 Å². The van der Waals surface area contributed by atoms with Crippen molar-refractivity contribution >= 4 is 22.6 Å². The molecule has 0 aliphatic heterocycles. The molecule has 0 saturated heterocycles. The predicted octanol–water partition coefficient (Wildman–Crippen LogP) is 5.54. The van der Waals surface area contributed by atoms with Crippen molar-refractivity contribution in [2.45, 2.75) is 58.4 Å². The molecule has 0 radical (unpaired) electrons. The maximum absolute atomic E-state index is 13.5. The van der Waals surface area contributed by atoms with Crippen LogP contribution in [-0.4, -0.2) is 35.8 Å². The third-order valence-electron chi connectivity index (χ3n) is 6.19. The zero-order valence-corrected chi connectivity index (χ0v) is 19.9. The SMILES string of the molecule is CCCCNC(=O)[C@H](CC)N(CCc1ccccc1)C(=O)CCc1cccc2ccccc12. The molecule has 2 amide bonds. The Morgan fingerprint density at radius 1 is 0.879 bits per heavy atom. The van der Waals surface area contributed by atoms with Crippen LogP contribution in [0.4, 0.5) is 0 Å². The third kappa shape index (κ3) is 6.92. The molecular weight excluding hydrogens is 408 g/mol. The molecular formula is C29H36N2O2. The molecule has 0 aromatic heterocycles. The van der Waals surface area contributed by atoms with Crippen LogP contribution in [0, 0.1) is 0 Å².